The van der Waals surface area contributed by atoms with Gasteiger partial charge in [0.25, 0.3) is 0 Å². The third-order valence-corrected chi connectivity index (χ3v) is 5.50. The second-order valence-corrected chi connectivity index (χ2v) is 7.25. The van der Waals surface area contributed by atoms with Crippen molar-refractivity contribution in [1.29, 1.82) is 0 Å². The van der Waals surface area contributed by atoms with Crippen LogP contribution >= 0.6 is 0 Å². The van der Waals surface area contributed by atoms with Crippen LogP contribution in [0.5, 0.6) is 0 Å². The molecule has 1 unspecified atom stereocenters. The molecule has 2 saturated heterocycles. The minimum absolute atomic E-state index is 0.200. The Kier molecular flexibility index (Phi) is 4.53. The fourth-order valence-corrected chi connectivity index (χ4v) is 3.87. The summed E-state index contributed by atoms with van der Waals surface area (Å²) in [6.07, 6.45) is 4.93. The lowest BCUT2D eigenvalue weighted by molar-refractivity contribution is -0.136. The molecular formula is C19H25N5O. The molecule has 6 heteroatoms. The van der Waals surface area contributed by atoms with Crippen LogP contribution in [0.2, 0.25) is 0 Å². The summed E-state index contributed by atoms with van der Waals surface area (Å²) in [4.78, 5) is 17.1. The van der Waals surface area contributed by atoms with E-state index in [1.165, 1.54) is 0 Å². The largest absolute Gasteiger partial charge is 0.340 e. The number of nitrogens with zero attached hydrogens (tertiary/aromatic N) is 5. The Balaban J connectivity index is 1.39. The molecule has 2 aliphatic heterocycles. The van der Waals surface area contributed by atoms with Gasteiger partial charge in [-0.1, -0.05) is 35.5 Å². The summed E-state index contributed by atoms with van der Waals surface area (Å²) in [6, 6.07) is 10.3. The molecule has 1 amide bonds. The van der Waals surface area contributed by atoms with E-state index in [-0.39, 0.29) is 12.0 Å². The number of hydrogen-bond acceptors (Lipinski definition) is 4. The van der Waals surface area contributed by atoms with E-state index in [1.807, 2.05) is 46.1 Å². The van der Waals surface area contributed by atoms with Gasteiger partial charge in [-0.15, -0.1) is 5.10 Å². The minimum Gasteiger partial charge on any atom is -0.340 e. The van der Waals surface area contributed by atoms with Gasteiger partial charge in [0.15, 0.2) is 0 Å². The molecule has 0 saturated carbocycles. The fourth-order valence-electron chi connectivity index (χ4n) is 3.87. The van der Waals surface area contributed by atoms with Crippen LogP contribution in [0.1, 0.15) is 25.3 Å². The zero-order valence-electron chi connectivity index (χ0n) is 14.7. The van der Waals surface area contributed by atoms with Gasteiger partial charge in [-0.2, -0.15) is 0 Å². The molecule has 0 radical (unpaired) electrons. The lowest BCUT2D eigenvalue weighted by atomic mass is 9.96. The Morgan fingerprint density at radius 1 is 1.08 bits per heavy atom. The van der Waals surface area contributed by atoms with Gasteiger partial charge in [-0.3, -0.25) is 4.79 Å². The quantitative estimate of drug-likeness (QED) is 0.859. The fraction of sp³-hybridized carbons (Fsp3) is 0.526. The van der Waals surface area contributed by atoms with Crippen LogP contribution in [0.4, 0.5) is 0 Å². The number of rotatable bonds is 3. The molecule has 3 heterocycles. The first-order chi connectivity index (χ1) is 12.2. The topological polar surface area (TPSA) is 54.3 Å². The summed E-state index contributed by atoms with van der Waals surface area (Å²) in [6.45, 7) is 3.63. The van der Waals surface area contributed by atoms with Gasteiger partial charge in [0.05, 0.1) is 12.2 Å². The van der Waals surface area contributed by atoms with Crippen molar-refractivity contribution in [3.8, 4) is 11.3 Å². The zero-order chi connectivity index (χ0) is 17.2. The Morgan fingerprint density at radius 2 is 1.84 bits per heavy atom. The van der Waals surface area contributed by atoms with E-state index < -0.39 is 0 Å². The molecule has 25 heavy (non-hydrogen) atoms. The number of amides is 1. The minimum atomic E-state index is 0.200. The molecule has 0 N–H and O–H groups in total. The summed E-state index contributed by atoms with van der Waals surface area (Å²) < 4.78 is 1.93. The van der Waals surface area contributed by atoms with Crippen LogP contribution in [0.15, 0.2) is 36.5 Å². The van der Waals surface area contributed by atoms with Crippen molar-refractivity contribution < 1.29 is 4.79 Å². The highest BCUT2D eigenvalue weighted by molar-refractivity contribution is 5.79. The molecule has 132 valence electrons. The number of benzene rings is 1. The third kappa shape index (κ3) is 3.44. The molecule has 2 aliphatic rings. The predicted molar refractivity (Wildman–Crippen MR) is 95.9 cm³/mol. The maximum absolute atomic E-state index is 12.8. The van der Waals surface area contributed by atoms with E-state index >= 15 is 0 Å². The molecule has 2 aromatic rings. The Labute approximate surface area is 148 Å². The standard InChI is InChI=1S/C19H25N5O/c1-22-10-7-16(8-11-22)19(25)23-12-9-17(13-23)24-14-18(20-21-24)15-5-3-2-4-6-15/h2-6,14,16-17H,7-13H2,1H3. The van der Waals surface area contributed by atoms with Gasteiger partial charge in [0.2, 0.25) is 5.91 Å². The first kappa shape index (κ1) is 16.3. The molecule has 4 rings (SSSR count). The van der Waals surface area contributed by atoms with Crippen molar-refractivity contribution >= 4 is 5.91 Å². The monoisotopic (exact) mass is 339 g/mol. The van der Waals surface area contributed by atoms with Crippen LogP contribution in [0.25, 0.3) is 11.3 Å². The van der Waals surface area contributed by atoms with Gasteiger partial charge in [-0.25, -0.2) is 4.68 Å². The summed E-state index contributed by atoms with van der Waals surface area (Å²) in [5, 5.41) is 8.62. The summed E-state index contributed by atoms with van der Waals surface area (Å²) in [7, 11) is 2.13. The number of carbonyl (C=O) groups excluding carboxylic acids is 1. The normalized spacial score (nSPS) is 22.4. The molecule has 1 aromatic heterocycles. The summed E-state index contributed by atoms with van der Waals surface area (Å²) >= 11 is 0. The second kappa shape index (κ2) is 6.96. The van der Waals surface area contributed by atoms with Crippen LogP contribution in [-0.2, 0) is 4.79 Å². The molecule has 0 bridgehead atoms. The number of aromatic nitrogens is 3. The number of piperidine rings is 1. The van der Waals surface area contributed by atoms with Gasteiger partial charge in [-0.05, 0) is 39.4 Å². The van der Waals surface area contributed by atoms with E-state index in [4.69, 9.17) is 0 Å². The highest BCUT2D eigenvalue weighted by Crippen LogP contribution is 2.27. The van der Waals surface area contributed by atoms with Gasteiger partial charge in [0, 0.05) is 24.6 Å². The number of likely N-dealkylation sites (tertiary alicyclic amines) is 2. The van der Waals surface area contributed by atoms with Crippen molar-refractivity contribution in [1.82, 2.24) is 24.8 Å². The lowest BCUT2D eigenvalue weighted by Gasteiger charge is -2.30. The highest BCUT2D eigenvalue weighted by Gasteiger charge is 2.33. The van der Waals surface area contributed by atoms with Crippen LogP contribution in [0, 0.1) is 5.92 Å². The van der Waals surface area contributed by atoms with Crippen molar-refractivity contribution in [2.45, 2.75) is 25.3 Å². The lowest BCUT2D eigenvalue weighted by Crippen LogP contribution is -2.40. The number of carbonyl (C=O) groups is 1. The highest BCUT2D eigenvalue weighted by atomic mass is 16.2. The molecular weight excluding hydrogens is 314 g/mol. The van der Waals surface area contributed by atoms with Crippen LogP contribution in [-0.4, -0.2) is 63.9 Å². The maximum Gasteiger partial charge on any atom is 0.225 e. The van der Waals surface area contributed by atoms with Crippen molar-refractivity contribution in [3.05, 3.63) is 36.5 Å². The third-order valence-electron chi connectivity index (χ3n) is 5.50. The van der Waals surface area contributed by atoms with Crippen molar-refractivity contribution in [2.24, 2.45) is 5.92 Å². The first-order valence-corrected chi connectivity index (χ1v) is 9.15. The van der Waals surface area contributed by atoms with E-state index in [9.17, 15) is 4.79 Å². The molecule has 0 spiro atoms. The molecule has 6 nitrogen and oxygen atoms in total. The van der Waals surface area contributed by atoms with Gasteiger partial charge >= 0.3 is 0 Å². The van der Waals surface area contributed by atoms with Crippen LogP contribution in [0.3, 0.4) is 0 Å². The molecule has 2 fully saturated rings. The average Bonchev–Trinajstić information content (AvgIpc) is 3.32. The summed E-state index contributed by atoms with van der Waals surface area (Å²) in [5.41, 5.74) is 1.96. The Hall–Kier alpha value is -2.21. The summed E-state index contributed by atoms with van der Waals surface area (Å²) in [5.74, 6) is 0.532. The Morgan fingerprint density at radius 3 is 2.60 bits per heavy atom. The van der Waals surface area contributed by atoms with E-state index in [0.717, 1.165) is 56.7 Å². The SMILES string of the molecule is CN1CCC(C(=O)N2CCC(n3cc(-c4ccccc4)nn3)C2)CC1. The zero-order valence-corrected chi connectivity index (χ0v) is 14.7. The molecule has 1 atom stereocenters. The van der Waals surface area contributed by atoms with Crippen LogP contribution < -0.4 is 0 Å². The Bertz CT molecular complexity index is 720. The molecule has 1 aromatic carbocycles. The first-order valence-electron chi connectivity index (χ1n) is 9.15. The maximum atomic E-state index is 12.8. The average molecular weight is 339 g/mol. The smallest absolute Gasteiger partial charge is 0.225 e. The van der Waals surface area contributed by atoms with E-state index in [1.54, 1.807) is 0 Å². The second-order valence-electron chi connectivity index (χ2n) is 7.25. The molecule has 0 aliphatic carbocycles. The van der Waals surface area contributed by atoms with Crippen molar-refractivity contribution in [3.63, 3.8) is 0 Å². The van der Waals surface area contributed by atoms with E-state index in [2.05, 4.69) is 22.3 Å². The van der Waals surface area contributed by atoms with Gasteiger partial charge < -0.3 is 9.80 Å². The van der Waals surface area contributed by atoms with E-state index in [0.29, 0.717) is 5.91 Å². The van der Waals surface area contributed by atoms with Gasteiger partial charge in [0.1, 0.15) is 5.69 Å². The van der Waals surface area contributed by atoms with Crippen molar-refractivity contribution in [2.75, 3.05) is 33.2 Å². The number of hydrogen-bond donors (Lipinski definition) is 0. The predicted octanol–water partition coefficient (Wildman–Crippen LogP) is 2.06.